The van der Waals surface area contributed by atoms with Crippen molar-refractivity contribution in [2.24, 2.45) is 0 Å². The Hall–Kier alpha value is -1.76. The predicted molar refractivity (Wildman–Crippen MR) is 63.9 cm³/mol. The van der Waals surface area contributed by atoms with Crippen LogP contribution in [-0.4, -0.2) is 7.11 Å². The lowest BCUT2D eigenvalue weighted by Crippen LogP contribution is -1.84. The maximum Gasteiger partial charge on any atom is 0.118 e. The van der Waals surface area contributed by atoms with Crippen LogP contribution in [0.25, 0.3) is 5.57 Å². The van der Waals surface area contributed by atoms with Gasteiger partial charge in [-0.15, -0.1) is 0 Å². The van der Waals surface area contributed by atoms with Crippen LogP contribution in [0.1, 0.15) is 12.0 Å². The quantitative estimate of drug-likeness (QED) is 0.705. The van der Waals surface area contributed by atoms with Gasteiger partial charge in [-0.25, -0.2) is 0 Å². The van der Waals surface area contributed by atoms with Crippen LogP contribution in [0.5, 0.6) is 5.75 Å². The first-order valence-corrected chi connectivity index (χ1v) is 5.08. The molecule has 1 aromatic rings. The molecule has 0 saturated carbocycles. The molecule has 0 bridgehead atoms. The van der Waals surface area contributed by atoms with Gasteiger partial charge in [0.2, 0.25) is 0 Å². The highest BCUT2D eigenvalue weighted by atomic mass is 16.5. The Kier molecular flexibility index (Phi) is 3.03. The molecule has 2 rings (SSSR count). The summed E-state index contributed by atoms with van der Waals surface area (Å²) in [4.78, 5) is 0. The van der Waals surface area contributed by atoms with Crippen molar-refractivity contribution in [3.05, 3.63) is 60.2 Å². The van der Waals surface area contributed by atoms with E-state index in [0.29, 0.717) is 0 Å². The Balaban J connectivity index is 2.25. The van der Waals surface area contributed by atoms with Crippen molar-refractivity contribution in [2.75, 3.05) is 7.11 Å². The summed E-state index contributed by atoms with van der Waals surface area (Å²) >= 11 is 0. The van der Waals surface area contributed by atoms with E-state index in [1.807, 2.05) is 12.1 Å². The van der Waals surface area contributed by atoms with E-state index >= 15 is 0 Å². The smallest absolute Gasteiger partial charge is 0.118 e. The molecular formula is C14H14O. The van der Waals surface area contributed by atoms with E-state index < -0.39 is 0 Å². The number of hydrogen-bond acceptors (Lipinski definition) is 1. The molecule has 1 heteroatoms. The first-order valence-electron chi connectivity index (χ1n) is 5.08. The number of rotatable bonds is 2. The molecule has 0 fully saturated rings. The zero-order valence-electron chi connectivity index (χ0n) is 8.81. The van der Waals surface area contributed by atoms with E-state index in [9.17, 15) is 0 Å². The second-order valence-electron chi connectivity index (χ2n) is 3.41. The van der Waals surface area contributed by atoms with Gasteiger partial charge in [0.1, 0.15) is 5.75 Å². The van der Waals surface area contributed by atoms with Crippen LogP contribution in [0, 0.1) is 0 Å². The standard InChI is InChI=1S/C14H14O/c1-15-14-10-8-13(9-11-14)12-6-4-2-3-5-7-12/h2-4,6-11H,5H2,1H3. The van der Waals surface area contributed by atoms with Crippen molar-refractivity contribution < 1.29 is 4.74 Å². The van der Waals surface area contributed by atoms with E-state index in [1.165, 1.54) is 11.1 Å². The van der Waals surface area contributed by atoms with Crippen LogP contribution < -0.4 is 4.74 Å². The Morgan fingerprint density at radius 2 is 1.87 bits per heavy atom. The highest BCUT2D eigenvalue weighted by molar-refractivity contribution is 5.75. The predicted octanol–water partition coefficient (Wildman–Crippen LogP) is 3.59. The second kappa shape index (κ2) is 4.65. The summed E-state index contributed by atoms with van der Waals surface area (Å²) < 4.78 is 5.13. The number of ether oxygens (including phenoxy) is 1. The zero-order valence-corrected chi connectivity index (χ0v) is 8.81. The molecular weight excluding hydrogens is 184 g/mol. The van der Waals surface area contributed by atoms with Crippen molar-refractivity contribution in [3.63, 3.8) is 0 Å². The average Bonchev–Trinajstić information content (AvgIpc) is 2.58. The lowest BCUT2D eigenvalue weighted by molar-refractivity contribution is 0.415. The molecule has 0 atom stereocenters. The average molecular weight is 198 g/mol. The van der Waals surface area contributed by atoms with E-state index in [2.05, 4.69) is 42.5 Å². The topological polar surface area (TPSA) is 9.23 Å². The van der Waals surface area contributed by atoms with Crippen LogP contribution in [0.4, 0.5) is 0 Å². The minimum atomic E-state index is 0.898. The molecule has 76 valence electrons. The summed E-state index contributed by atoms with van der Waals surface area (Å²) in [5, 5.41) is 0. The summed E-state index contributed by atoms with van der Waals surface area (Å²) in [5.74, 6) is 0.898. The molecule has 0 heterocycles. The fourth-order valence-corrected chi connectivity index (χ4v) is 1.58. The fraction of sp³-hybridized carbons (Fsp3) is 0.143. The van der Waals surface area contributed by atoms with Crippen LogP contribution in [-0.2, 0) is 0 Å². The highest BCUT2D eigenvalue weighted by Gasteiger charge is 1.98. The SMILES string of the molecule is COc1ccc(C2=CCC=CC=C2)cc1. The monoisotopic (exact) mass is 198 g/mol. The van der Waals surface area contributed by atoms with Crippen molar-refractivity contribution in [1.82, 2.24) is 0 Å². The van der Waals surface area contributed by atoms with Gasteiger partial charge >= 0.3 is 0 Å². The number of allylic oxidation sites excluding steroid dienone is 6. The van der Waals surface area contributed by atoms with Gasteiger partial charge in [0.25, 0.3) is 0 Å². The van der Waals surface area contributed by atoms with Gasteiger partial charge in [0.15, 0.2) is 0 Å². The normalized spacial score (nSPS) is 14.6. The third kappa shape index (κ3) is 2.38. The van der Waals surface area contributed by atoms with Gasteiger partial charge < -0.3 is 4.74 Å². The summed E-state index contributed by atoms with van der Waals surface area (Å²) in [6.07, 6.45) is 11.6. The Morgan fingerprint density at radius 3 is 2.60 bits per heavy atom. The van der Waals surface area contributed by atoms with Crippen molar-refractivity contribution in [3.8, 4) is 5.75 Å². The molecule has 0 N–H and O–H groups in total. The molecule has 1 aromatic carbocycles. The molecule has 1 nitrogen and oxygen atoms in total. The Bertz CT molecular complexity index is 407. The maximum atomic E-state index is 5.13. The van der Waals surface area contributed by atoms with Crippen LogP contribution in [0.2, 0.25) is 0 Å². The largest absolute Gasteiger partial charge is 0.497 e. The molecule has 0 aromatic heterocycles. The molecule has 15 heavy (non-hydrogen) atoms. The molecule has 0 amide bonds. The number of methoxy groups -OCH3 is 1. The van der Waals surface area contributed by atoms with Crippen molar-refractivity contribution in [2.45, 2.75) is 6.42 Å². The first-order chi connectivity index (χ1) is 7.40. The molecule has 1 aliphatic rings. The molecule has 0 saturated heterocycles. The van der Waals surface area contributed by atoms with Crippen molar-refractivity contribution in [1.29, 1.82) is 0 Å². The van der Waals surface area contributed by atoms with Gasteiger partial charge in [-0.05, 0) is 29.7 Å². The number of hydrogen-bond donors (Lipinski definition) is 0. The fourth-order valence-electron chi connectivity index (χ4n) is 1.58. The third-order valence-corrected chi connectivity index (χ3v) is 2.42. The first kappa shape index (κ1) is 9.78. The molecule has 1 aliphatic carbocycles. The van der Waals surface area contributed by atoms with E-state index in [-0.39, 0.29) is 0 Å². The highest BCUT2D eigenvalue weighted by Crippen LogP contribution is 2.21. The van der Waals surface area contributed by atoms with E-state index in [4.69, 9.17) is 4.74 Å². The molecule has 0 unspecified atom stereocenters. The summed E-state index contributed by atoms with van der Waals surface area (Å²) in [6, 6.07) is 8.14. The minimum Gasteiger partial charge on any atom is -0.497 e. The zero-order chi connectivity index (χ0) is 10.5. The Labute approximate surface area is 90.4 Å². The lowest BCUT2D eigenvalue weighted by atomic mass is 10.0. The van der Waals surface area contributed by atoms with E-state index in [1.54, 1.807) is 7.11 Å². The van der Waals surface area contributed by atoms with Gasteiger partial charge in [-0.1, -0.05) is 42.5 Å². The van der Waals surface area contributed by atoms with Crippen LogP contribution >= 0.6 is 0 Å². The second-order valence-corrected chi connectivity index (χ2v) is 3.41. The third-order valence-electron chi connectivity index (χ3n) is 2.42. The van der Waals surface area contributed by atoms with Gasteiger partial charge in [0.05, 0.1) is 7.11 Å². The summed E-state index contributed by atoms with van der Waals surface area (Å²) in [5.41, 5.74) is 2.50. The maximum absolute atomic E-state index is 5.13. The minimum absolute atomic E-state index is 0.898. The number of benzene rings is 1. The molecule has 0 spiro atoms. The van der Waals surface area contributed by atoms with Crippen LogP contribution in [0.15, 0.2) is 54.6 Å². The van der Waals surface area contributed by atoms with Gasteiger partial charge in [-0.2, -0.15) is 0 Å². The van der Waals surface area contributed by atoms with Crippen molar-refractivity contribution >= 4 is 5.57 Å². The summed E-state index contributed by atoms with van der Waals surface area (Å²) in [7, 11) is 1.68. The lowest BCUT2D eigenvalue weighted by Gasteiger charge is -2.03. The summed E-state index contributed by atoms with van der Waals surface area (Å²) in [6.45, 7) is 0. The van der Waals surface area contributed by atoms with E-state index in [0.717, 1.165) is 12.2 Å². The Morgan fingerprint density at radius 1 is 1.07 bits per heavy atom. The van der Waals surface area contributed by atoms with Crippen LogP contribution in [0.3, 0.4) is 0 Å². The molecule has 0 radical (unpaired) electrons. The molecule has 0 aliphatic heterocycles. The van der Waals surface area contributed by atoms with Gasteiger partial charge in [-0.3, -0.25) is 0 Å². The van der Waals surface area contributed by atoms with Gasteiger partial charge in [0, 0.05) is 0 Å².